The molecule has 0 aliphatic carbocycles. The Kier molecular flexibility index (Phi) is 3.38. The second-order valence-electron chi connectivity index (χ2n) is 4.77. The number of rotatable bonds is 3. The summed E-state index contributed by atoms with van der Waals surface area (Å²) in [6.07, 6.45) is 0. The molecule has 3 rings (SSSR count). The molecule has 0 saturated heterocycles. The van der Waals surface area contributed by atoms with E-state index in [1.165, 1.54) is 5.56 Å². The molecule has 0 aliphatic heterocycles. The Morgan fingerprint density at radius 2 is 1.75 bits per heavy atom. The van der Waals surface area contributed by atoms with Gasteiger partial charge in [0.1, 0.15) is 11.1 Å². The Labute approximate surface area is 118 Å². The molecule has 0 N–H and O–H groups in total. The number of fused-ring (bicyclic) bond motifs is 1. The smallest absolute Gasteiger partial charge is 0.364 e. The lowest BCUT2D eigenvalue weighted by molar-refractivity contribution is 0.342. The normalized spacial score (nSPS) is 10.7. The summed E-state index contributed by atoms with van der Waals surface area (Å²) in [7, 11) is 0. The fraction of sp³-hybridized carbons (Fsp3) is 0.167. The minimum Gasteiger partial charge on any atom is -0.493 e. The summed E-state index contributed by atoms with van der Waals surface area (Å²) in [5, 5.41) is 1.00. The molecule has 2 heteroatoms. The van der Waals surface area contributed by atoms with Crippen LogP contribution in [0.15, 0.2) is 59.0 Å². The number of benzene rings is 2. The van der Waals surface area contributed by atoms with E-state index in [1.807, 2.05) is 37.3 Å². The summed E-state index contributed by atoms with van der Waals surface area (Å²) in [5.41, 5.74) is 3.14. The highest BCUT2D eigenvalue weighted by atomic mass is 16.5. The van der Waals surface area contributed by atoms with E-state index in [2.05, 4.69) is 31.2 Å². The molecule has 20 heavy (non-hydrogen) atoms. The van der Waals surface area contributed by atoms with E-state index in [1.54, 1.807) is 0 Å². The van der Waals surface area contributed by atoms with Crippen molar-refractivity contribution in [1.29, 1.82) is 0 Å². The third-order valence-corrected chi connectivity index (χ3v) is 3.27. The molecule has 1 heterocycles. The molecule has 2 nitrogen and oxygen atoms in total. The molecular weight excluding hydrogens is 248 g/mol. The van der Waals surface area contributed by atoms with Crippen LogP contribution in [-0.4, -0.2) is 6.61 Å². The molecule has 2 aromatic carbocycles. The van der Waals surface area contributed by atoms with Crippen molar-refractivity contribution in [3.8, 4) is 17.1 Å². The van der Waals surface area contributed by atoms with Gasteiger partial charge in [0.2, 0.25) is 0 Å². The highest BCUT2D eigenvalue weighted by Crippen LogP contribution is 2.32. The van der Waals surface area contributed by atoms with Gasteiger partial charge in [0, 0.05) is 6.07 Å². The van der Waals surface area contributed by atoms with Gasteiger partial charge in [0.15, 0.2) is 0 Å². The number of hydrogen-bond donors (Lipinski definition) is 0. The zero-order valence-corrected chi connectivity index (χ0v) is 11.7. The van der Waals surface area contributed by atoms with E-state index >= 15 is 0 Å². The standard InChI is InChI=1S/C18H17O2/c1-3-19-18-12-17(14-10-8-13(2)9-11-14)20-16-7-5-4-6-15(16)18/h4-12H,3H2,1-2H3/q+1. The minimum absolute atomic E-state index is 0.640. The molecule has 0 atom stereocenters. The van der Waals surface area contributed by atoms with Crippen LogP contribution in [0.1, 0.15) is 12.5 Å². The van der Waals surface area contributed by atoms with Gasteiger partial charge < -0.3 is 4.74 Å². The second kappa shape index (κ2) is 5.33. The number of ether oxygens (including phenoxy) is 1. The van der Waals surface area contributed by atoms with Crippen LogP contribution in [0.3, 0.4) is 0 Å². The first kappa shape index (κ1) is 12.7. The van der Waals surface area contributed by atoms with Crippen LogP contribution in [0.2, 0.25) is 0 Å². The average molecular weight is 265 g/mol. The topological polar surface area (TPSA) is 20.5 Å². The van der Waals surface area contributed by atoms with Gasteiger partial charge in [0.25, 0.3) is 0 Å². The first-order valence-corrected chi connectivity index (χ1v) is 6.83. The molecule has 100 valence electrons. The van der Waals surface area contributed by atoms with Crippen LogP contribution < -0.4 is 4.74 Å². The summed E-state index contributed by atoms with van der Waals surface area (Å²) < 4.78 is 11.7. The monoisotopic (exact) mass is 265 g/mol. The molecule has 0 unspecified atom stereocenters. The Morgan fingerprint density at radius 1 is 1.00 bits per heavy atom. The van der Waals surface area contributed by atoms with E-state index < -0.39 is 0 Å². The van der Waals surface area contributed by atoms with Crippen molar-refractivity contribution in [2.24, 2.45) is 0 Å². The van der Waals surface area contributed by atoms with Crippen LogP contribution in [-0.2, 0) is 0 Å². The zero-order chi connectivity index (χ0) is 13.9. The minimum atomic E-state index is 0.640. The molecule has 0 radical (unpaired) electrons. The molecule has 0 amide bonds. The van der Waals surface area contributed by atoms with Crippen molar-refractivity contribution in [2.75, 3.05) is 6.61 Å². The number of para-hydroxylation sites is 1. The summed E-state index contributed by atoms with van der Waals surface area (Å²) in [6.45, 7) is 4.71. The van der Waals surface area contributed by atoms with E-state index in [-0.39, 0.29) is 0 Å². The first-order valence-electron chi connectivity index (χ1n) is 6.83. The first-order chi connectivity index (χ1) is 9.78. The third-order valence-electron chi connectivity index (χ3n) is 3.27. The summed E-state index contributed by atoms with van der Waals surface area (Å²) in [5.74, 6) is 1.69. The number of hydrogen-bond acceptors (Lipinski definition) is 1. The van der Waals surface area contributed by atoms with E-state index in [0.717, 1.165) is 28.0 Å². The Morgan fingerprint density at radius 3 is 2.50 bits per heavy atom. The zero-order valence-electron chi connectivity index (χ0n) is 11.7. The third kappa shape index (κ3) is 2.37. The van der Waals surface area contributed by atoms with Gasteiger partial charge in [-0.1, -0.05) is 29.8 Å². The quantitative estimate of drug-likeness (QED) is 0.615. The van der Waals surface area contributed by atoms with Gasteiger partial charge in [-0.15, -0.1) is 0 Å². The Bertz CT molecular complexity index is 730. The van der Waals surface area contributed by atoms with E-state index in [0.29, 0.717) is 6.61 Å². The van der Waals surface area contributed by atoms with Crippen molar-refractivity contribution in [3.05, 3.63) is 60.2 Å². The lowest BCUT2D eigenvalue weighted by Crippen LogP contribution is -1.93. The predicted molar refractivity (Wildman–Crippen MR) is 82.0 cm³/mol. The van der Waals surface area contributed by atoms with Crippen molar-refractivity contribution in [1.82, 2.24) is 0 Å². The second-order valence-corrected chi connectivity index (χ2v) is 4.77. The van der Waals surface area contributed by atoms with Crippen LogP contribution in [0.4, 0.5) is 0 Å². The van der Waals surface area contributed by atoms with Gasteiger partial charge in [-0.3, -0.25) is 0 Å². The largest absolute Gasteiger partial charge is 0.493 e. The average Bonchev–Trinajstić information content (AvgIpc) is 2.48. The Balaban J connectivity index is 2.18. The Hall–Kier alpha value is -2.35. The van der Waals surface area contributed by atoms with Gasteiger partial charge >= 0.3 is 11.3 Å². The van der Waals surface area contributed by atoms with Crippen molar-refractivity contribution in [3.63, 3.8) is 0 Å². The lowest BCUT2D eigenvalue weighted by atomic mass is 10.1. The highest BCUT2D eigenvalue weighted by Gasteiger charge is 2.19. The van der Waals surface area contributed by atoms with Crippen LogP contribution in [0.5, 0.6) is 5.75 Å². The van der Waals surface area contributed by atoms with Crippen LogP contribution in [0.25, 0.3) is 22.3 Å². The molecule has 0 fully saturated rings. The van der Waals surface area contributed by atoms with Crippen molar-refractivity contribution in [2.45, 2.75) is 13.8 Å². The fourth-order valence-electron chi connectivity index (χ4n) is 2.24. The predicted octanol–water partition coefficient (Wildman–Crippen LogP) is 5.09. The summed E-state index contributed by atoms with van der Waals surface area (Å²) >= 11 is 0. The molecule has 0 saturated carbocycles. The molecule has 0 spiro atoms. The molecule has 1 aromatic heterocycles. The lowest BCUT2D eigenvalue weighted by Gasteiger charge is -2.03. The SMILES string of the molecule is CCOc1cc(-c2ccc(C)cc2)[o+]c2ccccc12. The number of aryl methyl sites for hydroxylation is 1. The maximum atomic E-state index is 5.99. The molecule has 0 bridgehead atoms. The van der Waals surface area contributed by atoms with Crippen molar-refractivity contribution >= 4 is 11.0 Å². The fourth-order valence-corrected chi connectivity index (χ4v) is 2.24. The van der Waals surface area contributed by atoms with E-state index in [4.69, 9.17) is 9.15 Å². The highest BCUT2D eigenvalue weighted by molar-refractivity contribution is 5.85. The van der Waals surface area contributed by atoms with Gasteiger partial charge in [-0.05, 0) is 32.0 Å². The molecular formula is C18H17O2+. The molecule has 3 aromatic rings. The maximum Gasteiger partial charge on any atom is 0.364 e. The van der Waals surface area contributed by atoms with Crippen LogP contribution >= 0.6 is 0 Å². The summed E-state index contributed by atoms with van der Waals surface area (Å²) in [6, 6.07) is 18.2. The maximum absolute atomic E-state index is 5.99. The molecule has 0 aliphatic rings. The summed E-state index contributed by atoms with van der Waals surface area (Å²) in [4.78, 5) is 0. The van der Waals surface area contributed by atoms with E-state index in [9.17, 15) is 0 Å². The van der Waals surface area contributed by atoms with Gasteiger partial charge in [0.05, 0.1) is 18.2 Å². The van der Waals surface area contributed by atoms with Gasteiger partial charge in [-0.2, -0.15) is 0 Å². The van der Waals surface area contributed by atoms with Crippen LogP contribution in [0, 0.1) is 6.92 Å². The van der Waals surface area contributed by atoms with Crippen molar-refractivity contribution < 1.29 is 9.15 Å². The van der Waals surface area contributed by atoms with Gasteiger partial charge in [-0.25, -0.2) is 4.42 Å².